The van der Waals surface area contributed by atoms with E-state index in [1.54, 1.807) is 35.2 Å². The summed E-state index contributed by atoms with van der Waals surface area (Å²) >= 11 is 7.52. The average molecular weight is 404 g/mol. The molecule has 1 amide bonds. The highest BCUT2D eigenvalue weighted by Gasteiger charge is 2.22. The molecule has 0 saturated carbocycles. The fourth-order valence-electron chi connectivity index (χ4n) is 2.84. The van der Waals surface area contributed by atoms with Crippen molar-refractivity contribution in [2.75, 3.05) is 4.90 Å². The van der Waals surface area contributed by atoms with Gasteiger partial charge in [-0.2, -0.15) is 5.26 Å². The molecule has 4 aromatic rings. The molecule has 0 N–H and O–H groups in total. The first kappa shape index (κ1) is 18.2. The Bertz CT molecular complexity index is 1180. The molecule has 0 aliphatic rings. The van der Waals surface area contributed by atoms with E-state index in [9.17, 15) is 4.79 Å². The minimum absolute atomic E-state index is 0.168. The molecule has 1 aromatic heterocycles. The summed E-state index contributed by atoms with van der Waals surface area (Å²) < 4.78 is 0.924. The minimum atomic E-state index is -0.168. The first-order valence-corrected chi connectivity index (χ1v) is 9.75. The van der Waals surface area contributed by atoms with Gasteiger partial charge in [-0.1, -0.05) is 53.3 Å². The maximum atomic E-state index is 13.3. The van der Waals surface area contributed by atoms with Gasteiger partial charge in [0.05, 0.1) is 28.4 Å². The van der Waals surface area contributed by atoms with Crippen LogP contribution in [0, 0.1) is 11.3 Å². The number of thiazole rings is 1. The quantitative estimate of drug-likeness (QED) is 0.441. The first-order chi connectivity index (χ1) is 13.6. The topological polar surface area (TPSA) is 57.0 Å². The minimum Gasteiger partial charge on any atom is -0.279 e. The Morgan fingerprint density at radius 3 is 2.54 bits per heavy atom. The van der Waals surface area contributed by atoms with Crippen molar-refractivity contribution in [1.82, 2.24) is 4.98 Å². The molecule has 0 atom stereocenters. The summed E-state index contributed by atoms with van der Waals surface area (Å²) in [5.74, 6) is -0.168. The molecule has 6 heteroatoms. The van der Waals surface area contributed by atoms with Crippen LogP contribution in [0.15, 0.2) is 72.8 Å². The van der Waals surface area contributed by atoms with Crippen LogP contribution in [0.1, 0.15) is 21.5 Å². The highest BCUT2D eigenvalue weighted by Crippen LogP contribution is 2.32. The summed E-state index contributed by atoms with van der Waals surface area (Å²) in [6.07, 6.45) is 0. The van der Waals surface area contributed by atoms with E-state index in [0.29, 0.717) is 27.8 Å². The normalized spacial score (nSPS) is 10.6. The van der Waals surface area contributed by atoms with Crippen LogP contribution in [0.2, 0.25) is 5.02 Å². The second-order valence-electron chi connectivity index (χ2n) is 6.17. The van der Waals surface area contributed by atoms with Gasteiger partial charge in [0, 0.05) is 10.6 Å². The van der Waals surface area contributed by atoms with E-state index in [1.807, 2.05) is 42.5 Å². The fourth-order valence-corrected chi connectivity index (χ4v) is 4.08. The van der Waals surface area contributed by atoms with Gasteiger partial charge < -0.3 is 0 Å². The monoisotopic (exact) mass is 403 g/mol. The van der Waals surface area contributed by atoms with Gasteiger partial charge in [0.25, 0.3) is 5.91 Å². The van der Waals surface area contributed by atoms with Crippen molar-refractivity contribution >= 4 is 44.2 Å². The lowest BCUT2D eigenvalue weighted by Gasteiger charge is -2.20. The number of aromatic nitrogens is 1. The number of carbonyl (C=O) groups excluding carboxylic acids is 1. The zero-order valence-electron chi connectivity index (χ0n) is 14.7. The molecule has 0 saturated heterocycles. The van der Waals surface area contributed by atoms with Crippen molar-refractivity contribution in [3.05, 3.63) is 94.5 Å². The van der Waals surface area contributed by atoms with Gasteiger partial charge in [-0.05, 0) is 48.0 Å². The highest BCUT2D eigenvalue weighted by atomic mass is 35.5. The molecule has 28 heavy (non-hydrogen) atoms. The lowest BCUT2D eigenvalue weighted by molar-refractivity contribution is 0.0985. The second kappa shape index (κ2) is 7.81. The van der Waals surface area contributed by atoms with E-state index in [1.165, 1.54) is 11.3 Å². The van der Waals surface area contributed by atoms with E-state index in [2.05, 4.69) is 11.1 Å². The Hall–Kier alpha value is -3.20. The number of rotatable bonds is 4. The van der Waals surface area contributed by atoms with Crippen molar-refractivity contribution in [2.45, 2.75) is 6.54 Å². The summed E-state index contributed by atoms with van der Waals surface area (Å²) in [4.78, 5) is 19.6. The second-order valence-corrected chi connectivity index (χ2v) is 7.62. The molecule has 0 unspecified atom stereocenters. The molecule has 0 fully saturated rings. The standard InChI is InChI=1S/C22H14ClN3OS/c23-18-10-11-19-20(12-18)28-22(25-19)26(14-16-4-2-1-3-5-16)21(27)17-8-6-15(13-24)7-9-17/h1-12H,14H2. The van der Waals surface area contributed by atoms with Gasteiger partial charge in [-0.3, -0.25) is 9.69 Å². The number of benzene rings is 3. The van der Waals surface area contributed by atoms with E-state index < -0.39 is 0 Å². The van der Waals surface area contributed by atoms with Crippen LogP contribution < -0.4 is 4.90 Å². The third-order valence-electron chi connectivity index (χ3n) is 4.26. The number of hydrogen-bond acceptors (Lipinski definition) is 4. The van der Waals surface area contributed by atoms with Crippen molar-refractivity contribution in [3.8, 4) is 6.07 Å². The SMILES string of the molecule is N#Cc1ccc(C(=O)N(Cc2ccccc2)c2nc3ccc(Cl)cc3s2)cc1. The van der Waals surface area contributed by atoms with E-state index in [-0.39, 0.29) is 5.91 Å². The maximum Gasteiger partial charge on any atom is 0.260 e. The molecule has 0 aliphatic carbocycles. The van der Waals surface area contributed by atoms with Crippen molar-refractivity contribution in [1.29, 1.82) is 5.26 Å². The molecule has 0 radical (unpaired) electrons. The largest absolute Gasteiger partial charge is 0.279 e. The van der Waals surface area contributed by atoms with Gasteiger partial charge in [-0.25, -0.2) is 4.98 Å². The molecule has 1 heterocycles. The molecule has 0 aliphatic heterocycles. The summed E-state index contributed by atoms with van der Waals surface area (Å²) in [5, 5.41) is 10.2. The number of fused-ring (bicyclic) bond motifs is 1. The Morgan fingerprint density at radius 2 is 1.82 bits per heavy atom. The number of nitriles is 1. The summed E-state index contributed by atoms with van der Waals surface area (Å²) in [6.45, 7) is 0.396. The maximum absolute atomic E-state index is 13.3. The van der Waals surface area contributed by atoms with Crippen LogP contribution in [-0.4, -0.2) is 10.9 Å². The molecular weight excluding hydrogens is 390 g/mol. The Balaban J connectivity index is 1.75. The number of hydrogen-bond donors (Lipinski definition) is 0. The molecule has 0 bridgehead atoms. The van der Waals surface area contributed by atoms with Gasteiger partial charge in [0.1, 0.15) is 0 Å². The Kier molecular flexibility index (Phi) is 5.07. The van der Waals surface area contributed by atoms with Crippen LogP contribution in [0.3, 0.4) is 0 Å². The summed E-state index contributed by atoms with van der Waals surface area (Å²) in [5.41, 5.74) is 2.82. The fraction of sp³-hybridized carbons (Fsp3) is 0.0455. The zero-order valence-corrected chi connectivity index (χ0v) is 16.2. The number of anilines is 1. The van der Waals surface area contributed by atoms with Gasteiger partial charge >= 0.3 is 0 Å². The average Bonchev–Trinajstić information content (AvgIpc) is 3.15. The van der Waals surface area contributed by atoms with Gasteiger partial charge in [-0.15, -0.1) is 0 Å². The van der Waals surface area contributed by atoms with E-state index >= 15 is 0 Å². The van der Waals surface area contributed by atoms with Crippen LogP contribution >= 0.6 is 22.9 Å². The van der Waals surface area contributed by atoms with Crippen molar-refractivity contribution in [2.24, 2.45) is 0 Å². The Labute approximate surface area is 171 Å². The predicted molar refractivity (Wildman–Crippen MR) is 113 cm³/mol. The van der Waals surface area contributed by atoms with Gasteiger partial charge in [0.15, 0.2) is 5.13 Å². The third kappa shape index (κ3) is 3.74. The number of carbonyl (C=O) groups is 1. The first-order valence-electron chi connectivity index (χ1n) is 8.56. The van der Waals surface area contributed by atoms with Crippen LogP contribution in [0.5, 0.6) is 0 Å². The Morgan fingerprint density at radius 1 is 1.07 bits per heavy atom. The molecular formula is C22H14ClN3OS. The molecule has 0 spiro atoms. The molecule has 3 aromatic carbocycles. The van der Waals surface area contributed by atoms with Crippen LogP contribution in [-0.2, 0) is 6.54 Å². The molecule has 4 nitrogen and oxygen atoms in total. The van der Waals surface area contributed by atoms with Crippen molar-refractivity contribution < 1.29 is 4.79 Å². The van der Waals surface area contributed by atoms with Crippen LogP contribution in [0.4, 0.5) is 5.13 Å². The predicted octanol–water partition coefficient (Wildman–Crippen LogP) is 5.67. The third-order valence-corrected chi connectivity index (χ3v) is 5.54. The van der Waals surface area contributed by atoms with Crippen molar-refractivity contribution in [3.63, 3.8) is 0 Å². The zero-order chi connectivity index (χ0) is 19.5. The lowest BCUT2D eigenvalue weighted by atomic mass is 10.1. The molecule has 136 valence electrons. The van der Waals surface area contributed by atoms with E-state index in [0.717, 1.165) is 15.8 Å². The van der Waals surface area contributed by atoms with E-state index in [4.69, 9.17) is 16.9 Å². The number of amides is 1. The molecule has 4 rings (SSSR count). The highest BCUT2D eigenvalue weighted by molar-refractivity contribution is 7.22. The number of nitrogens with zero attached hydrogens (tertiary/aromatic N) is 3. The smallest absolute Gasteiger partial charge is 0.260 e. The summed E-state index contributed by atoms with van der Waals surface area (Å²) in [6, 6.07) is 24.0. The lowest BCUT2D eigenvalue weighted by Crippen LogP contribution is -2.30. The number of halogens is 1. The van der Waals surface area contributed by atoms with Crippen LogP contribution in [0.25, 0.3) is 10.2 Å². The van der Waals surface area contributed by atoms with Gasteiger partial charge in [0.2, 0.25) is 0 Å². The summed E-state index contributed by atoms with van der Waals surface area (Å²) in [7, 11) is 0.